The highest BCUT2D eigenvalue weighted by molar-refractivity contribution is 7.80. The van der Waals surface area contributed by atoms with Gasteiger partial charge in [-0.15, -0.1) is 0 Å². The number of aliphatic hydroxyl groups is 5. The molecule has 3 fully saturated rings. The van der Waals surface area contributed by atoms with Crippen molar-refractivity contribution in [3.05, 3.63) is 0 Å². The first-order chi connectivity index (χ1) is 19.0. The Morgan fingerprint density at radius 2 is 1.32 bits per heavy atom. The van der Waals surface area contributed by atoms with Crippen LogP contribution < -0.4 is 5.73 Å². The average Bonchev–Trinajstić information content (AvgIpc) is 2.88. The van der Waals surface area contributed by atoms with Crippen molar-refractivity contribution in [1.82, 2.24) is 0 Å². The second-order valence-corrected chi connectivity index (χ2v) is 10.6. The molecule has 0 aromatic rings. The van der Waals surface area contributed by atoms with Crippen molar-refractivity contribution in [3.8, 4) is 0 Å². The molecular weight excluding hydrogens is 590 g/mol. The van der Waals surface area contributed by atoms with E-state index in [9.17, 15) is 53.8 Å². The number of aliphatic hydroxyl groups excluding tert-OH is 5. The number of carbonyl (C=O) groups is 2. The summed E-state index contributed by atoms with van der Waals surface area (Å²) >= 11 is 0. The lowest BCUT2D eigenvalue weighted by Gasteiger charge is -2.48. The molecule has 20 nitrogen and oxygen atoms in total. The number of carboxylic acids is 2. The third-order valence-electron chi connectivity index (χ3n) is 6.81. The van der Waals surface area contributed by atoms with Crippen LogP contribution >= 0.6 is 0 Å². The Bertz CT molecular complexity index is 1030. The van der Waals surface area contributed by atoms with Crippen molar-refractivity contribution in [2.75, 3.05) is 13.7 Å². The number of nitrogens with two attached hydrogens (primary N) is 1. The van der Waals surface area contributed by atoms with E-state index >= 15 is 0 Å². The fourth-order valence-corrected chi connectivity index (χ4v) is 4.94. The smallest absolute Gasteiger partial charge is 0.397 e. The summed E-state index contributed by atoms with van der Waals surface area (Å²) in [6.07, 6.45) is -25.0. The summed E-state index contributed by atoms with van der Waals surface area (Å²) in [4.78, 5) is 23.3. The number of hydrogen-bond donors (Lipinski definition) is 9. The van der Waals surface area contributed by atoms with E-state index in [1.807, 2.05) is 0 Å². The zero-order valence-corrected chi connectivity index (χ0v) is 22.2. The van der Waals surface area contributed by atoms with E-state index < -0.39 is 121 Å². The van der Waals surface area contributed by atoms with Gasteiger partial charge in [0.15, 0.2) is 24.8 Å². The van der Waals surface area contributed by atoms with E-state index in [1.54, 1.807) is 0 Å². The number of aliphatic carboxylic acids is 2. The molecule has 15 atom stereocenters. The Balaban J connectivity index is 1.87. The third kappa shape index (κ3) is 7.46. The van der Waals surface area contributed by atoms with E-state index in [1.165, 1.54) is 6.92 Å². The predicted molar refractivity (Wildman–Crippen MR) is 123 cm³/mol. The van der Waals surface area contributed by atoms with Crippen LogP contribution in [-0.4, -0.2) is 166 Å². The van der Waals surface area contributed by atoms with Gasteiger partial charge in [0.2, 0.25) is 0 Å². The molecule has 10 N–H and O–H groups in total. The summed E-state index contributed by atoms with van der Waals surface area (Å²) in [5.41, 5.74) is 6.00. The minimum atomic E-state index is -5.12. The largest absolute Gasteiger partial charge is 0.479 e. The molecule has 21 heteroatoms. The van der Waals surface area contributed by atoms with E-state index in [0.29, 0.717) is 0 Å². The van der Waals surface area contributed by atoms with Crippen LogP contribution in [0.25, 0.3) is 0 Å². The Morgan fingerprint density at radius 1 is 0.780 bits per heavy atom. The van der Waals surface area contributed by atoms with Crippen LogP contribution in [0.5, 0.6) is 0 Å². The molecule has 3 heterocycles. The number of rotatable bonds is 10. The minimum Gasteiger partial charge on any atom is -0.479 e. The fourth-order valence-electron chi connectivity index (χ4n) is 4.63. The van der Waals surface area contributed by atoms with E-state index in [0.717, 1.165) is 7.11 Å². The van der Waals surface area contributed by atoms with Gasteiger partial charge in [-0.05, 0) is 6.92 Å². The molecule has 6 unspecified atom stereocenters. The number of methoxy groups -OCH3 is 1. The van der Waals surface area contributed by atoms with E-state index in [-0.39, 0.29) is 0 Å². The molecule has 3 aliphatic rings. The molecule has 238 valence electrons. The fraction of sp³-hybridized carbons (Fsp3) is 0.900. The molecule has 0 spiro atoms. The molecule has 0 aromatic carbocycles. The maximum Gasteiger partial charge on any atom is 0.397 e. The van der Waals surface area contributed by atoms with Gasteiger partial charge in [0.25, 0.3) is 0 Å². The summed E-state index contributed by atoms with van der Waals surface area (Å²) in [7, 11) is -4.08. The van der Waals surface area contributed by atoms with Crippen molar-refractivity contribution in [3.63, 3.8) is 0 Å². The molecule has 3 aliphatic heterocycles. The third-order valence-corrected chi connectivity index (χ3v) is 7.25. The standard InChI is InChI=1S/C20H33NO19S/c1-4-7(22)9(24)14(16(36-4)18(29)30)39-19-6(21)8(23)12(5(37-19)3-35-41(31,32)33)38-20-11(26)10(25)13(34-2)15(40-20)17(27)28/h4-16,19-20,22-26H,3,21H2,1-2H3,(H,27,28)(H,29,30)(H,31,32,33)/t4-,5?,6?,7?,8+,9+,10+,11?,12+,13-,14-,15?,16?,19+,20+/m0/s1. The van der Waals surface area contributed by atoms with Gasteiger partial charge in [-0.1, -0.05) is 0 Å². The highest BCUT2D eigenvalue weighted by Crippen LogP contribution is 2.32. The van der Waals surface area contributed by atoms with Gasteiger partial charge in [-0.25, -0.2) is 13.8 Å². The normalized spacial score (nSPS) is 45.7. The zero-order chi connectivity index (χ0) is 31.0. The monoisotopic (exact) mass is 623 g/mol. The molecular formula is C20H33NO19S. The zero-order valence-electron chi connectivity index (χ0n) is 21.4. The van der Waals surface area contributed by atoms with Gasteiger partial charge in [0, 0.05) is 7.11 Å². The first-order valence-corrected chi connectivity index (χ1v) is 13.4. The van der Waals surface area contributed by atoms with Crippen LogP contribution in [-0.2, 0) is 52.6 Å². The lowest BCUT2D eigenvalue weighted by molar-refractivity contribution is -0.353. The van der Waals surface area contributed by atoms with E-state index in [2.05, 4.69) is 4.18 Å². The molecule has 0 radical (unpaired) electrons. The lowest BCUT2D eigenvalue weighted by Crippen LogP contribution is -2.68. The van der Waals surface area contributed by atoms with Crippen molar-refractivity contribution >= 4 is 22.3 Å². The van der Waals surface area contributed by atoms with Gasteiger partial charge < -0.3 is 69.9 Å². The molecule has 0 amide bonds. The summed E-state index contributed by atoms with van der Waals surface area (Å²) < 4.78 is 67.5. The van der Waals surface area contributed by atoms with Crippen LogP contribution in [0.15, 0.2) is 0 Å². The predicted octanol–water partition coefficient (Wildman–Crippen LogP) is -5.87. The molecule has 0 bridgehead atoms. The van der Waals surface area contributed by atoms with Gasteiger partial charge in [0.1, 0.15) is 54.9 Å². The van der Waals surface area contributed by atoms with Gasteiger partial charge in [0.05, 0.1) is 18.8 Å². The van der Waals surface area contributed by atoms with Crippen molar-refractivity contribution in [1.29, 1.82) is 0 Å². The Labute approximate surface area is 232 Å². The summed E-state index contributed by atoms with van der Waals surface area (Å²) in [5, 5.41) is 71.3. The Hall–Kier alpha value is -1.67. The van der Waals surface area contributed by atoms with Crippen LogP contribution in [0.1, 0.15) is 6.92 Å². The quantitative estimate of drug-likeness (QED) is 0.102. The lowest BCUT2D eigenvalue weighted by atomic mass is 9.94. The van der Waals surface area contributed by atoms with Crippen LogP contribution in [0.4, 0.5) is 0 Å². The first-order valence-electron chi connectivity index (χ1n) is 12.0. The highest BCUT2D eigenvalue weighted by Gasteiger charge is 2.54. The minimum absolute atomic E-state index is 1.05. The van der Waals surface area contributed by atoms with Crippen molar-refractivity contribution in [2.24, 2.45) is 5.73 Å². The van der Waals surface area contributed by atoms with Gasteiger partial charge >= 0.3 is 22.3 Å². The Kier molecular flexibility index (Phi) is 11.0. The summed E-state index contributed by atoms with van der Waals surface area (Å²) in [6.45, 7) is 0.174. The first kappa shape index (κ1) is 33.8. The number of ether oxygens (including phenoxy) is 6. The topological polar surface area (TPSA) is 321 Å². The molecule has 3 saturated heterocycles. The molecule has 0 aromatic heterocycles. The van der Waals surface area contributed by atoms with E-state index in [4.69, 9.17) is 38.7 Å². The molecule has 0 aliphatic carbocycles. The average molecular weight is 624 g/mol. The maximum absolute atomic E-state index is 11.7. The van der Waals surface area contributed by atoms with Gasteiger partial charge in [-0.3, -0.25) is 4.55 Å². The SMILES string of the molecule is CO[C@@H]1C(C(=O)O)O[C@@H](O[C@@H]2C(COS(=O)(=O)O)O[C@H](O[C@@H]3C(C(=O)O)O[C@@H](C)C(O)[C@H]3O)C(N)[C@H]2O)C(O)[C@H]1O. The molecule has 0 saturated carbocycles. The number of hydrogen-bond acceptors (Lipinski definition) is 17. The van der Waals surface area contributed by atoms with Gasteiger partial charge in [-0.2, -0.15) is 8.42 Å². The summed E-state index contributed by atoms with van der Waals surface area (Å²) in [6, 6.07) is -1.69. The Morgan fingerprint density at radius 3 is 1.85 bits per heavy atom. The second kappa shape index (κ2) is 13.3. The van der Waals surface area contributed by atoms with Crippen LogP contribution in [0.3, 0.4) is 0 Å². The van der Waals surface area contributed by atoms with Crippen molar-refractivity contribution in [2.45, 2.75) is 98.8 Å². The second-order valence-electron chi connectivity index (χ2n) is 9.55. The van der Waals surface area contributed by atoms with Crippen LogP contribution in [0, 0.1) is 0 Å². The van der Waals surface area contributed by atoms with Crippen LogP contribution in [0.2, 0.25) is 0 Å². The highest BCUT2D eigenvalue weighted by atomic mass is 32.3. The van der Waals surface area contributed by atoms with Crippen molar-refractivity contribution < 1.29 is 90.9 Å². The molecule has 3 rings (SSSR count). The molecule has 41 heavy (non-hydrogen) atoms. The number of carboxylic acid groups (broad SMARTS) is 2. The maximum atomic E-state index is 11.7. The summed E-state index contributed by atoms with van der Waals surface area (Å²) in [5.74, 6) is -3.22.